The zero-order chi connectivity index (χ0) is 16.9. The molecule has 5 nitrogen and oxygen atoms in total. The highest BCUT2D eigenvalue weighted by Gasteiger charge is 2.12. The lowest BCUT2D eigenvalue weighted by molar-refractivity contribution is 0.262. The molecule has 0 spiro atoms. The minimum Gasteiger partial charge on any atom is -0.496 e. The SMILES string of the molecule is COc1ccc(C)cc1-c1csc(NC(=O)Nc2ccccc2)n1. The summed E-state index contributed by atoms with van der Waals surface area (Å²) in [7, 11) is 1.63. The first-order valence-corrected chi connectivity index (χ1v) is 8.27. The minimum absolute atomic E-state index is 0.321. The van der Waals surface area contributed by atoms with Crippen molar-refractivity contribution in [2.75, 3.05) is 17.7 Å². The number of anilines is 2. The van der Waals surface area contributed by atoms with E-state index in [1.165, 1.54) is 11.3 Å². The van der Waals surface area contributed by atoms with Crippen LogP contribution in [0.1, 0.15) is 5.56 Å². The molecule has 1 aromatic heterocycles. The molecule has 122 valence electrons. The Labute approximate surface area is 144 Å². The van der Waals surface area contributed by atoms with E-state index >= 15 is 0 Å². The maximum atomic E-state index is 12.0. The lowest BCUT2D eigenvalue weighted by atomic mass is 10.1. The molecule has 24 heavy (non-hydrogen) atoms. The Hall–Kier alpha value is -2.86. The maximum Gasteiger partial charge on any atom is 0.325 e. The van der Waals surface area contributed by atoms with Gasteiger partial charge in [-0.2, -0.15) is 0 Å². The second-order valence-corrected chi connectivity index (χ2v) is 6.04. The standard InChI is InChI=1S/C18H17N3O2S/c1-12-8-9-16(23-2)14(10-12)15-11-24-18(20-15)21-17(22)19-13-6-4-3-5-7-13/h3-11H,1-2H3,(H2,19,20,21,22). The lowest BCUT2D eigenvalue weighted by Gasteiger charge is -2.07. The molecule has 3 rings (SSSR count). The van der Waals surface area contributed by atoms with Gasteiger partial charge in [-0.25, -0.2) is 9.78 Å². The number of urea groups is 1. The number of aryl methyl sites for hydroxylation is 1. The first-order valence-electron chi connectivity index (χ1n) is 7.39. The third kappa shape index (κ3) is 3.72. The van der Waals surface area contributed by atoms with E-state index < -0.39 is 0 Å². The summed E-state index contributed by atoms with van der Waals surface area (Å²) in [6.07, 6.45) is 0. The molecule has 2 amide bonds. The van der Waals surface area contributed by atoms with Crippen LogP contribution in [0.5, 0.6) is 5.75 Å². The molecule has 1 heterocycles. The number of amides is 2. The Morgan fingerprint density at radius 1 is 1.12 bits per heavy atom. The number of thiazole rings is 1. The zero-order valence-corrected chi connectivity index (χ0v) is 14.2. The van der Waals surface area contributed by atoms with Gasteiger partial charge in [0.2, 0.25) is 0 Å². The largest absolute Gasteiger partial charge is 0.496 e. The first-order chi connectivity index (χ1) is 11.7. The molecular weight excluding hydrogens is 322 g/mol. The van der Waals surface area contributed by atoms with Gasteiger partial charge in [-0.05, 0) is 31.2 Å². The fraction of sp³-hybridized carbons (Fsp3) is 0.111. The smallest absolute Gasteiger partial charge is 0.325 e. The molecule has 0 atom stereocenters. The van der Waals surface area contributed by atoms with Crippen LogP contribution < -0.4 is 15.4 Å². The maximum absolute atomic E-state index is 12.0. The highest BCUT2D eigenvalue weighted by molar-refractivity contribution is 7.14. The van der Waals surface area contributed by atoms with E-state index in [9.17, 15) is 4.79 Å². The summed E-state index contributed by atoms with van der Waals surface area (Å²) < 4.78 is 5.39. The fourth-order valence-electron chi connectivity index (χ4n) is 2.26. The molecule has 0 aliphatic heterocycles. The minimum atomic E-state index is -0.321. The Morgan fingerprint density at radius 2 is 1.92 bits per heavy atom. The van der Waals surface area contributed by atoms with Crippen molar-refractivity contribution in [2.24, 2.45) is 0 Å². The molecule has 0 aliphatic rings. The average Bonchev–Trinajstić information content (AvgIpc) is 3.04. The summed E-state index contributed by atoms with van der Waals surface area (Å²) in [6, 6.07) is 14.9. The second-order valence-electron chi connectivity index (χ2n) is 5.19. The van der Waals surface area contributed by atoms with Gasteiger partial charge in [0, 0.05) is 16.6 Å². The summed E-state index contributed by atoms with van der Waals surface area (Å²) in [5.41, 5.74) is 3.53. The topological polar surface area (TPSA) is 63.2 Å². The molecule has 2 N–H and O–H groups in total. The number of rotatable bonds is 4. The predicted molar refractivity (Wildman–Crippen MR) is 97.9 cm³/mol. The van der Waals surface area contributed by atoms with Crippen LogP contribution in [0.4, 0.5) is 15.6 Å². The second kappa shape index (κ2) is 7.14. The Bertz CT molecular complexity index is 846. The number of hydrogen-bond donors (Lipinski definition) is 2. The summed E-state index contributed by atoms with van der Waals surface area (Å²) in [5.74, 6) is 0.756. The van der Waals surface area contributed by atoms with Gasteiger partial charge in [0.15, 0.2) is 5.13 Å². The molecule has 0 aliphatic carbocycles. The van der Waals surface area contributed by atoms with Crippen LogP contribution in [0.25, 0.3) is 11.3 Å². The number of aromatic nitrogens is 1. The molecule has 0 saturated heterocycles. The Morgan fingerprint density at radius 3 is 2.67 bits per heavy atom. The van der Waals surface area contributed by atoms with Gasteiger partial charge in [-0.15, -0.1) is 11.3 Å². The van der Waals surface area contributed by atoms with Crippen LogP contribution in [0.15, 0.2) is 53.9 Å². The normalized spacial score (nSPS) is 10.2. The van der Waals surface area contributed by atoms with Crippen LogP contribution >= 0.6 is 11.3 Å². The van der Waals surface area contributed by atoms with Gasteiger partial charge < -0.3 is 10.1 Å². The van der Waals surface area contributed by atoms with Crippen molar-refractivity contribution in [3.8, 4) is 17.0 Å². The van der Waals surface area contributed by atoms with E-state index in [1.54, 1.807) is 7.11 Å². The van der Waals surface area contributed by atoms with Crippen LogP contribution in [0.3, 0.4) is 0 Å². The molecule has 3 aromatic rings. The fourth-order valence-corrected chi connectivity index (χ4v) is 2.96. The number of methoxy groups -OCH3 is 1. The Kier molecular flexibility index (Phi) is 4.77. The van der Waals surface area contributed by atoms with Crippen molar-refractivity contribution in [1.29, 1.82) is 0 Å². The predicted octanol–water partition coefficient (Wildman–Crippen LogP) is 4.77. The molecule has 0 unspecified atom stereocenters. The Balaban J connectivity index is 1.74. The van der Waals surface area contributed by atoms with Gasteiger partial charge in [-0.3, -0.25) is 5.32 Å². The van der Waals surface area contributed by atoms with E-state index in [2.05, 4.69) is 15.6 Å². The number of nitrogens with zero attached hydrogens (tertiary/aromatic N) is 1. The van der Waals surface area contributed by atoms with Crippen LogP contribution in [-0.4, -0.2) is 18.1 Å². The van der Waals surface area contributed by atoms with E-state index in [1.807, 2.05) is 60.8 Å². The van der Waals surface area contributed by atoms with Crippen LogP contribution in [0.2, 0.25) is 0 Å². The van der Waals surface area contributed by atoms with Gasteiger partial charge in [0.1, 0.15) is 5.75 Å². The first kappa shape index (κ1) is 16.0. The third-order valence-corrected chi connectivity index (χ3v) is 4.14. The number of benzene rings is 2. The molecule has 0 radical (unpaired) electrons. The van der Waals surface area contributed by atoms with Gasteiger partial charge >= 0.3 is 6.03 Å². The van der Waals surface area contributed by atoms with Gasteiger partial charge in [-0.1, -0.05) is 29.8 Å². The summed E-state index contributed by atoms with van der Waals surface area (Å²) >= 11 is 1.37. The lowest BCUT2D eigenvalue weighted by Crippen LogP contribution is -2.19. The third-order valence-electron chi connectivity index (χ3n) is 3.39. The molecule has 0 bridgehead atoms. The van der Waals surface area contributed by atoms with Crippen molar-refractivity contribution in [3.05, 3.63) is 59.5 Å². The van der Waals surface area contributed by atoms with Gasteiger partial charge in [0.25, 0.3) is 0 Å². The van der Waals surface area contributed by atoms with E-state index in [0.717, 1.165) is 28.3 Å². The quantitative estimate of drug-likeness (QED) is 0.719. The molecule has 6 heteroatoms. The van der Waals surface area contributed by atoms with Crippen LogP contribution in [-0.2, 0) is 0 Å². The number of nitrogens with one attached hydrogen (secondary N) is 2. The number of para-hydroxylation sites is 1. The number of carbonyl (C=O) groups is 1. The van der Waals surface area contributed by atoms with Crippen molar-refractivity contribution in [3.63, 3.8) is 0 Å². The van der Waals surface area contributed by atoms with E-state index in [4.69, 9.17) is 4.74 Å². The van der Waals surface area contributed by atoms with Gasteiger partial charge in [0.05, 0.1) is 12.8 Å². The average molecular weight is 339 g/mol. The number of carbonyl (C=O) groups excluding carboxylic acids is 1. The number of hydrogen-bond acceptors (Lipinski definition) is 4. The van der Waals surface area contributed by atoms with E-state index in [0.29, 0.717) is 5.13 Å². The number of ether oxygens (including phenoxy) is 1. The summed E-state index contributed by atoms with van der Waals surface area (Å²) in [4.78, 5) is 16.5. The molecule has 0 fully saturated rings. The van der Waals surface area contributed by atoms with Crippen LogP contribution in [0, 0.1) is 6.92 Å². The molecule has 0 saturated carbocycles. The molecular formula is C18H17N3O2S. The van der Waals surface area contributed by atoms with Crippen molar-refractivity contribution in [2.45, 2.75) is 6.92 Å². The summed E-state index contributed by atoms with van der Waals surface area (Å²) in [6.45, 7) is 2.02. The monoisotopic (exact) mass is 339 g/mol. The zero-order valence-electron chi connectivity index (χ0n) is 13.4. The highest BCUT2D eigenvalue weighted by atomic mass is 32.1. The highest BCUT2D eigenvalue weighted by Crippen LogP contribution is 2.32. The van der Waals surface area contributed by atoms with E-state index in [-0.39, 0.29) is 6.03 Å². The van der Waals surface area contributed by atoms with Crippen molar-refractivity contribution in [1.82, 2.24) is 4.98 Å². The summed E-state index contributed by atoms with van der Waals surface area (Å²) in [5, 5.41) is 7.94. The van der Waals surface area contributed by atoms with Crippen molar-refractivity contribution < 1.29 is 9.53 Å². The van der Waals surface area contributed by atoms with Crippen molar-refractivity contribution >= 4 is 28.2 Å². The molecule has 2 aromatic carbocycles.